The van der Waals surface area contributed by atoms with E-state index in [1.165, 1.54) is 38.5 Å². The molecule has 0 spiro atoms. The zero-order chi connectivity index (χ0) is 18.1. The molecule has 2 heteroatoms. The molecule has 0 aliphatic rings. The summed E-state index contributed by atoms with van der Waals surface area (Å²) in [6.45, 7) is 23.1. The van der Waals surface area contributed by atoms with E-state index in [-0.39, 0.29) is 0 Å². The maximum atomic E-state index is 2.64. The molecule has 0 amide bonds. The van der Waals surface area contributed by atoms with Crippen LogP contribution < -0.4 is 0 Å². The van der Waals surface area contributed by atoms with E-state index >= 15 is 0 Å². The Balaban J connectivity index is 6.11. The van der Waals surface area contributed by atoms with Crippen molar-refractivity contribution in [3.63, 3.8) is 0 Å². The Morgan fingerprint density at radius 3 is 1.00 bits per heavy atom. The average Bonchev–Trinajstić information content (AvgIpc) is 2.47. The first kappa shape index (κ1) is 24.0. The Hall–Kier alpha value is 1.02. The molecule has 0 saturated heterocycles. The zero-order valence-corrected chi connectivity index (χ0v) is 22.0. The molecular weight excluding hydrogens is 399 g/mol. The topological polar surface area (TPSA) is 0 Å². The Labute approximate surface area is 153 Å². The molecule has 0 radical (unpaired) electrons. The van der Waals surface area contributed by atoms with Gasteiger partial charge in [-0.05, 0) is 0 Å². The quantitative estimate of drug-likeness (QED) is 0.248. The normalized spacial score (nSPS) is 13.6. The summed E-state index contributed by atoms with van der Waals surface area (Å²) < 4.78 is 3.09. The summed E-state index contributed by atoms with van der Waals surface area (Å²) in [6, 6.07) is 5.02. The summed E-state index contributed by atoms with van der Waals surface area (Å²) in [5.74, 6) is 0. The van der Waals surface area contributed by atoms with E-state index in [0.29, 0.717) is 0 Å². The fourth-order valence-corrected chi connectivity index (χ4v) is 73.8. The van der Waals surface area contributed by atoms with Gasteiger partial charge in [0.2, 0.25) is 0 Å². The first-order valence-electron chi connectivity index (χ1n) is 10.8. The van der Waals surface area contributed by atoms with Gasteiger partial charge in [0.15, 0.2) is 0 Å². The minimum atomic E-state index is -2.24. The first-order valence-corrected chi connectivity index (χ1v) is 22.6. The number of hydrogen-bond acceptors (Lipinski definition) is 0. The summed E-state index contributed by atoms with van der Waals surface area (Å²) >= 11 is -2.24. The molecule has 0 atom stereocenters. The van der Waals surface area contributed by atoms with Crippen molar-refractivity contribution in [2.45, 2.75) is 131 Å². The van der Waals surface area contributed by atoms with Crippen LogP contribution in [0.4, 0.5) is 0 Å². The van der Waals surface area contributed by atoms with Crippen LogP contribution >= 0.6 is 0 Å². The third kappa shape index (κ3) is 5.49. The maximum absolute atomic E-state index is 2.64. The van der Waals surface area contributed by atoms with Crippen molar-refractivity contribution >= 4 is 23.2 Å². The van der Waals surface area contributed by atoms with Crippen LogP contribution in [0.3, 0.4) is 0 Å². The van der Waals surface area contributed by atoms with Crippen molar-refractivity contribution < 1.29 is 0 Å². The SMILES string of the molecule is CCCC[Si](CCCC)(CCCC)[Sn]([CH](C)C)([CH](C)C)[CH](C)C. The molecular formula is C21H48SiSn. The van der Waals surface area contributed by atoms with Crippen molar-refractivity contribution in [1.82, 2.24) is 0 Å². The zero-order valence-electron chi connectivity index (χ0n) is 18.1. The van der Waals surface area contributed by atoms with Crippen molar-refractivity contribution in [2.24, 2.45) is 0 Å². The molecule has 0 saturated carbocycles. The van der Waals surface area contributed by atoms with Gasteiger partial charge in [0.05, 0.1) is 0 Å². The molecule has 0 fully saturated rings. The van der Waals surface area contributed by atoms with Gasteiger partial charge in [-0.15, -0.1) is 0 Å². The molecule has 0 aromatic rings. The molecule has 0 aliphatic carbocycles. The summed E-state index contributed by atoms with van der Waals surface area (Å²) in [5.41, 5.74) is -1.12. The molecule has 0 aromatic heterocycles. The van der Waals surface area contributed by atoms with Crippen LogP contribution in [0.2, 0.25) is 29.9 Å². The van der Waals surface area contributed by atoms with Gasteiger partial charge < -0.3 is 0 Å². The van der Waals surface area contributed by atoms with E-state index in [4.69, 9.17) is 0 Å². The monoisotopic (exact) mass is 448 g/mol. The second-order valence-electron chi connectivity index (χ2n) is 8.99. The molecule has 23 heavy (non-hydrogen) atoms. The van der Waals surface area contributed by atoms with Gasteiger partial charge in [0.1, 0.15) is 0 Å². The standard InChI is InChI=1S/C12H27Si.3C3H7.Sn/c1-4-7-10-13(11-8-5-2)12-9-6-3;3*1-3-2;/h4-12H2,1-3H3;3*3H,1-2H3;. The molecule has 0 bridgehead atoms. The summed E-state index contributed by atoms with van der Waals surface area (Å²) in [6.07, 6.45) is 8.77. The van der Waals surface area contributed by atoms with Gasteiger partial charge in [0, 0.05) is 0 Å². The van der Waals surface area contributed by atoms with Crippen LogP contribution in [0.1, 0.15) is 101 Å². The van der Waals surface area contributed by atoms with Crippen LogP contribution in [0.5, 0.6) is 0 Å². The number of unbranched alkanes of at least 4 members (excludes halogenated alkanes) is 3. The Morgan fingerprint density at radius 2 is 0.826 bits per heavy atom. The van der Waals surface area contributed by atoms with Crippen molar-refractivity contribution in [2.75, 3.05) is 0 Å². The van der Waals surface area contributed by atoms with E-state index in [1.54, 1.807) is 18.1 Å². The number of rotatable bonds is 13. The minimum absolute atomic E-state index is 1.03. The predicted octanol–water partition coefficient (Wildman–Crippen LogP) is 8.59. The molecule has 0 rings (SSSR count). The Bertz CT molecular complexity index is 253. The van der Waals surface area contributed by atoms with Crippen LogP contribution in [-0.4, -0.2) is 23.2 Å². The van der Waals surface area contributed by atoms with Crippen molar-refractivity contribution in [1.29, 1.82) is 0 Å². The second kappa shape index (κ2) is 11.6. The van der Waals surface area contributed by atoms with E-state index < -0.39 is 23.2 Å². The molecule has 140 valence electrons. The molecule has 0 unspecified atom stereocenters. The molecule has 0 heterocycles. The number of hydrogen-bond donors (Lipinski definition) is 0. The summed E-state index contributed by atoms with van der Waals surface area (Å²) in [5, 5.41) is 0. The van der Waals surface area contributed by atoms with Crippen LogP contribution in [0.25, 0.3) is 0 Å². The van der Waals surface area contributed by atoms with Gasteiger partial charge in [-0.1, -0.05) is 0 Å². The van der Waals surface area contributed by atoms with Crippen LogP contribution in [0, 0.1) is 0 Å². The third-order valence-electron chi connectivity index (χ3n) is 6.81. The van der Waals surface area contributed by atoms with Gasteiger partial charge >= 0.3 is 154 Å². The third-order valence-corrected chi connectivity index (χ3v) is 62.7. The average molecular weight is 447 g/mol. The molecule has 0 nitrogen and oxygen atoms in total. The summed E-state index contributed by atoms with van der Waals surface area (Å²) in [7, 11) is 0. The van der Waals surface area contributed by atoms with Crippen molar-refractivity contribution in [3.05, 3.63) is 0 Å². The Kier molecular flexibility index (Phi) is 12.1. The van der Waals surface area contributed by atoms with Crippen LogP contribution in [-0.2, 0) is 0 Å². The van der Waals surface area contributed by atoms with Gasteiger partial charge in [-0.2, -0.15) is 0 Å². The van der Waals surface area contributed by atoms with Gasteiger partial charge in [-0.25, -0.2) is 0 Å². The fourth-order valence-electron chi connectivity index (χ4n) is 6.41. The first-order chi connectivity index (χ1) is 10.8. The molecule has 0 aromatic carbocycles. The van der Waals surface area contributed by atoms with Crippen LogP contribution in [0.15, 0.2) is 0 Å². The molecule has 0 aliphatic heterocycles. The predicted molar refractivity (Wildman–Crippen MR) is 116 cm³/mol. The molecule has 0 N–H and O–H groups in total. The fraction of sp³-hybridized carbons (Fsp3) is 1.00. The van der Waals surface area contributed by atoms with E-state index in [2.05, 4.69) is 62.3 Å². The van der Waals surface area contributed by atoms with E-state index in [0.717, 1.165) is 11.8 Å². The van der Waals surface area contributed by atoms with Gasteiger partial charge in [0.25, 0.3) is 0 Å². The van der Waals surface area contributed by atoms with E-state index in [9.17, 15) is 0 Å². The summed E-state index contributed by atoms with van der Waals surface area (Å²) in [4.78, 5) is 0. The Morgan fingerprint density at radius 1 is 0.565 bits per heavy atom. The second-order valence-corrected chi connectivity index (χ2v) is 43.2. The van der Waals surface area contributed by atoms with E-state index in [1.807, 2.05) is 0 Å². The van der Waals surface area contributed by atoms with Crippen molar-refractivity contribution in [3.8, 4) is 0 Å². The van der Waals surface area contributed by atoms with Gasteiger partial charge in [-0.3, -0.25) is 0 Å².